The molecule has 0 radical (unpaired) electrons. The van der Waals surface area contributed by atoms with E-state index < -0.39 is 0 Å². The number of fused-ring (bicyclic) bond motifs is 3. The molecule has 0 spiro atoms. The summed E-state index contributed by atoms with van der Waals surface area (Å²) in [6.45, 7) is 3.97. The standard InChI is InChI=1S/C24H24BrN5O2/c1-16-14-29(19-10-8-18(25)9-11-19)23-26-21-20(30(23)15-16)22(31)28(24(32)27(21)2)13-12-17-6-4-3-5-7-17/h3-11,16H,12-15H2,1-2H3/t16-/m0/s1. The summed E-state index contributed by atoms with van der Waals surface area (Å²) in [6, 6.07) is 17.9. The molecule has 8 heteroatoms. The van der Waals surface area contributed by atoms with E-state index >= 15 is 0 Å². The number of imidazole rings is 1. The van der Waals surface area contributed by atoms with Gasteiger partial charge in [0.2, 0.25) is 5.95 Å². The number of anilines is 2. The molecule has 3 heterocycles. The van der Waals surface area contributed by atoms with E-state index in [1.54, 1.807) is 7.05 Å². The van der Waals surface area contributed by atoms with Gasteiger partial charge in [-0.05, 0) is 42.2 Å². The molecule has 164 valence electrons. The summed E-state index contributed by atoms with van der Waals surface area (Å²) in [5, 5.41) is 0. The zero-order chi connectivity index (χ0) is 22.4. The minimum atomic E-state index is -0.336. The number of hydrogen-bond donors (Lipinski definition) is 0. The number of halogens is 1. The van der Waals surface area contributed by atoms with Gasteiger partial charge in [0.1, 0.15) is 0 Å². The molecule has 1 aliphatic rings. The number of benzene rings is 2. The predicted octanol–water partition coefficient (Wildman–Crippen LogP) is 3.69. The van der Waals surface area contributed by atoms with Crippen molar-refractivity contribution in [1.29, 1.82) is 0 Å². The Kier molecular flexibility index (Phi) is 5.25. The summed E-state index contributed by atoms with van der Waals surface area (Å²) in [6.07, 6.45) is 0.615. The van der Waals surface area contributed by atoms with Crippen LogP contribution >= 0.6 is 15.9 Å². The van der Waals surface area contributed by atoms with Crippen LogP contribution in [-0.4, -0.2) is 25.2 Å². The first kappa shape index (κ1) is 20.8. The Morgan fingerprint density at radius 2 is 1.75 bits per heavy atom. The third-order valence-electron chi connectivity index (χ3n) is 6.05. The normalized spacial score (nSPS) is 15.8. The van der Waals surface area contributed by atoms with Crippen molar-refractivity contribution >= 4 is 38.7 Å². The molecule has 0 bridgehead atoms. The van der Waals surface area contributed by atoms with Gasteiger partial charge in [-0.1, -0.05) is 53.2 Å². The first-order valence-corrected chi connectivity index (χ1v) is 11.5. The van der Waals surface area contributed by atoms with Crippen LogP contribution in [0.25, 0.3) is 11.2 Å². The van der Waals surface area contributed by atoms with Crippen LogP contribution in [0.3, 0.4) is 0 Å². The summed E-state index contributed by atoms with van der Waals surface area (Å²) < 4.78 is 5.82. The van der Waals surface area contributed by atoms with E-state index in [0.717, 1.165) is 22.3 Å². The van der Waals surface area contributed by atoms with Crippen LogP contribution in [0.15, 0.2) is 68.7 Å². The fraction of sp³-hybridized carbons (Fsp3) is 0.292. The topological polar surface area (TPSA) is 65.1 Å². The summed E-state index contributed by atoms with van der Waals surface area (Å²) in [7, 11) is 1.69. The van der Waals surface area contributed by atoms with Gasteiger partial charge < -0.3 is 9.47 Å². The maximum atomic E-state index is 13.5. The van der Waals surface area contributed by atoms with Gasteiger partial charge in [-0.2, -0.15) is 4.98 Å². The molecule has 2 aromatic carbocycles. The van der Waals surface area contributed by atoms with Gasteiger partial charge in [-0.15, -0.1) is 0 Å². The van der Waals surface area contributed by atoms with Crippen molar-refractivity contribution in [3.8, 4) is 0 Å². The average molecular weight is 494 g/mol. The van der Waals surface area contributed by atoms with Crippen LogP contribution in [0.5, 0.6) is 0 Å². The lowest BCUT2D eigenvalue weighted by molar-refractivity contribution is 0.457. The Hall–Kier alpha value is -3.13. The summed E-state index contributed by atoms with van der Waals surface area (Å²) in [4.78, 5) is 33.5. The smallest absolute Gasteiger partial charge is 0.312 e. The van der Waals surface area contributed by atoms with Crippen LogP contribution in [0.2, 0.25) is 0 Å². The zero-order valence-electron chi connectivity index (χ0n) is 18.0. The molecule has 4 aromatic rings. The van der Waals surface area contributed by atoms with E-state index in [2.05, 4.69) is 27.8 Å². The molecule has 7 nitrogen and oxygen atoms in total. The Bertz CT molecular complexity index is 1400. The van der Waals surface area contributed by atoms with Gasteiger partial charge in [0.25, 0.3) is 5.56 Å². The molecular formula is C24H24BrN5O2. The second-order valence-electron chi connectivity index (χ2n) is 8.42. The molecule has 0 fully saturated rings. The van der Waals surface area contributed by atoms with Gasteiger partial charge in [0.05, 0.1) is 0 Å². The molecule has 1 atom stereocenters. The van der Waals surface area contributed by atoms with Crippen LogP contribution in [0.4, 0.5) is 11.6 Å². The fourth-order valence-corrected chi connectivity index (χ4v) is 4.69. The van der Waals surface area contributed by atoms with Crippen LogP contribution in [0, 0.1) is 5.92 Å². The molecule has 0 unspecified atom stereocenters. The van der Waals surface area contributed by atoms with Crippen molar-refractivity contribution < 1.29 is 0 Å². The molecule has 1 aliphatic heterocycles. The lowest BCUT2D eigenvalue weighted by Crippen LogP contribution is -2.40. The van der Waals surface area contributed by atoms with Crippen molar-refractivity contribution in [3.63, 3.8) is 0 Å². The SMILES string of the molecule is C[C@H]1CN(c2ccc(Br)cc2)c2nc3c(c(=O)n(CCc4ccccc4)c(=O)n3C)n2C1. The Balaban J connectivity index is 1.65. The third-order valence-corrected chi connectivity index (χ3v) is 6.58. The van der Waals surface area contributed by atoms with E-state index in [1.807, 2.05) is 59.2 Å². The van der Waals surface area contributed by atoms with Crippen LogP contribution in [0.1, 0.15) is 12.5 Å². The Labute approximate surface area is 193 Å². The zero-order valence-corrected chi connectivity index (χ0v) is 19.6. The molecule has 32 heavy (non-hydrogen) atoms. The minimum absolute atomic E-state index is 0.275. The van der Waals surface area contributed by atoms with E-state index in [1.165, 1.54) is 9.13 Å². The van der Waals surface area contributed by atoms with Crippen molar-refractivity contribution in [3.05, 3.63) is 85.5 Å². The first-order valence-electron chi connectivity index (χ1n) is 10.7. The highest BCUT2D eigenvalue weighted by Crippen LogP contribution is 2.33. The maximum absolute atomic E-state index is 13.5. The van der Waals surface area contributed by atoms with Crippen LogP contribution in [-0.2, 0) is 26.6 Å². The quantitative estimate of drug-likeness (QED) is 0.434. The van der Waals surface area contributed by atoms with Crippen molar-refractivity contribution in [1.82, 2.24) is 18.7 Å². The average Bonchev–Trinajstić information content (AvgIpc) is 3.18. The largest absolute Gasteiger partial charge is 0.332 e. The maximum Gasteiger partial charge on any atom is 0.332 e. The minimum Gasteiger partial charge on any atom is -0.312 e. The van der Waals surface area contributed by atoms with Crippen molar-refractivity contribution in [2.24, 2.45) is 13.0 Å². The number of rotatable bonds is 4. The summed E-state index contributed by atoms with van der Waals surface area (Å²) in [5.74, 6) is 1.02. The van der Waals surface area contributed by atoms with Gasteiger partial charge in [0.15, 0.2) is 11.2 Å². The summed E-state index contributed by atoms with van der Waals surface area (Å²) >= 11 is 3.49. The Morgan fingerprint density at radius 3 is 2.47 bits per heavy atom. The van der Waals surface area contributed by atoms with Crippen molar-refractivity contribution in [2.45, 2.75) is 26.4 Å². The van der Waals surface area contributed by atoms with Gasteiger partial charge in [0, 0.05) is 36.8 Å². The first-order chi connectivity index (χ1) is 15.4. The Morgan fingerprint density at radius 1 is 1.03 bits per heavy atom. The number of aryl methyl sites for hydroxylation is 2. The molecule has 0 aliphatic carbocycles. The second-order valence-corrected chi connectivity index (χ2v) is 9.34. The molecule has 0 amide bonds. The number of nitrogens with zero attached hydrogens (tertiary/aromatic N) is 5. The van der Waals surface area contributed by atoms with Crippen molar-refractivity contribution in [2.75, 3.05) is 11.4 Å². The van der Waals surface area contributed by atoms with Gasteiger partial charge in [-0.25, -0.2) is 4.79 Å². The summed E-state index contributed by atoms with van der Waals surface area (Å²) in [5.41, 5.74) is 2.41. The molecule has 0 N–H and O–H groups in total. The lowest BCUT2D eigenvalue weighted by atomic mass is 10.1. The van der Waals surface area contributed by atoms with Crippen LogP contribution < -0.4 is 16.1 Å². The van der Waals surface area contributed by atoms with E-state index in [9.17, 15) is 9.59 Å². The fourth-order valence-electron chi connectivity index (χ4n) is 4.43. The molecular weight excluding hydrogens is 470 g/mol. The molecule has 5 rings (SSSR count). The molecule has 2 aromatic heterocycles. The number of aromatic nitrogens is 4. The van der Waals surface area contributed by atoms with E-state index in [0.29, 0.717) is 42.5 Å². The second kappa shape index (κ2) is 8.09. The van der Waals surface area contributed by atoms with E-state index in [-0.39, 0.29) is 11.2 Å². The van der Waals surface area contributed by atoms with E-state index in [4.69, 9.17) is 4.98 Å². The molecule has 0 saturated heterocycles. The predicted molar refractivity (Wildman–Crippen MR) is 130 cm³/mol. The highest BCUT2D eigenvalue weighted by Gasteiger charge is 2.29. The lowest BCUT2D eigenvalue weighted by Gasteiger charge is -2.33. The highest BCUT2D eigenvalue weighted by atomic mass is 79.9. The van der Waals surface area contributed by atoms with Gasteiger partial charge >= 0.3 is 5.69 Å². The monoisotopic (exact) mass is 493 g/mol. The van der Waals surface area contributed by atoms with Gasteiger partial charge in [-0.3, -0.25) is 13.9 Å². The molecule has 0 saturated carbocycles. The number of hydrogen-bond acceptors (Lipinski definition) is 4. The highest BCUT2D eigenvalue weighted by molar-refractivity contribution is 9.10. The third kappa shape index (κ3) is 3.48.